The van der Waals surface area contributed by atoms with E-state index in [-0.39, 0.29) is 40.4 Å². The van der Waals surface area contributed by atoms with E-state index in [1.165, 1.54) is 37.4 Å². The Morgan fingerprint density at radius 3 is 1.89 bits per heavy atom. The second kappa shape index (κ2) is 9.68. The van der Waals surface area contributed by atoms with Crippen molar-refractivity contribution in [3.63, 3.8) is 0 Å². The van der Waals surface area contributed by atoms with Crippen LogP contribution in [0.5, 0.6) is 5.75 Å². The van der Waals surface area contributed by atoms with Crippen LogP contribution >= 0.6 is 10.3 Å². The van der Waals surface area contributed by atoms with Crippen molar-refractivity contribution in [2.45, 2.75) is 54.2 Å². The van der Waals surface area contributed by atoms with E-state index in [1.54, 1.807) is 13.0 Å². The van der Waals surface area contributed by atoms with Crippen molar-refractivity contribution in [2.24, 2.45) is 0 Å². The Labute approximate surface area is 207 Å². The first-order chi connectivity index (χ1) is 16.8. The second-order valence-corrected chi connectivity index (χ2v) is 13.0. The molecule has 0 N–H and O–H groups in total. The molecule has 1 atom stereocenters. The molecule has 2 aromatic rings. The van der Waals surface area contributed by atoms with Gasteiger partial charge in [-0.05, 0) is 37.3 Å². The van der Waals surface area contributed by atoms with E-state index in [0.29, 0.717) is 5.39 Å². The number of fused-ring (bicyclic) bond motifs is 1. The summed E-state index contributed by atoms with van der Waals surface area (Å²) in [6.45, 7) is 1.56. The van der Waals surface area contributed by atoms with Gasteiger partial charge in [0.15, 0.2) is 6.29 Å². The molecule has 37 heavy (non-hydrogen) atoms. The van der Waals surface area contributed by atoms with Gasteiger partial charge in [-0.2, -0.15) is 47.9 Å². The van der Waals surface area contributed by atoms with Gasteiger partial charge >= 0.3 is 33.4 Å². The standard InChI is InChI=1S/C21H21F9O5S2/c1-13(33-2)34-16-9-10-17(15-8-4-3-7-14(15)16)36(11-5-6-12-36)35-37(31,32)21(29,30)19(24,25)18(22,23)20(26,27)28/h3-4,7-10,13H,5-6,11-12H2,1-2H3. The third-order valence-corrected chi connectivity index (χ3v) is 11.4. The molecule has 1 fully saturated rings. The maximum Gasteiger partial charge on any atom is 0.460 e. The number of halogens is 9. The van der Waals surface area contributed by atoms with E-state index in [9.17, 15) is 47.9 Å². The Bertz CT molecular complexity index is 1240. The first kappa shape index (κ1) is 29.6. The fourth-order valence-corrected chi connectivity index (χ4v) is 9.60. The summed E-state index contributed by atoms with van der Waals surface area (Å²) in [7, 11) is -9.09. The van der Waals surface area contributed by atoms with Crippen LogP contribution in [-0.4, -0.2) is 56.6 Å². The lowest BCUT2D eigenvalue weighted by Crippen LogP contribution is -2.63. The van der Waals surface area contributed by atoms with Gasteiger partial charge in [-0.25, -0.2) is 3.63 Å². The molecule has 1 heterocycles. The quantitative estimate of drug-likeness (QED) is 0.237. The Morgan fingerprint density at radius 1 is 0.838 bits per heavy atom. The summed E-state index contributed by atoms with van der Waals surface area (Å²) in [4.78, 5) is 0.00305. The van der Waals surface area contributed by atoms with Crippen molar-refractivity contribution in [3.05, 3.63) is 36.4 Å². The Balaban J connectivity index is 2.13. The molecule has 210 valence electrons. The number of ether oxygens (including phenoxy) is 2. The molecule has 0 spiro atoms. The SMILES string of the molecule is COC(C)Oc1ccc(S2(OS(=O)(=O)C(F)(F)C(F)(F)C(F)(F)C(F)(F)F)CCCC2)c2ccccc12. The van der Waals surface area contributed by atoms with Crippen LogP contribution in [0.4, 0.5) is 39.5 Å². The van der Waals surface area contributed by atoms with Crippen molar-refractivity contribution >= 4 is 31.2 Å². The Hall–Kier alpha value is -1.91. The normalized spacial score (nSPS) is 19.1. The highest BCUT2D eigenvalue weighted by Crippen LogP contribution is 2.66. The third-order valence-electron chi connectivity index (χ3n) is 5.72. The predicted octanol–water partition coefficient (Wildman–Crippen LogP) is 6.86. The minimum Gasteiger partial charge on any atom is -0.465 e. The summed E-state index contributed by atoms with van der Waals surface area (Å²) in [6.07, 6.45) is -7.52. The highest BCUT2D eigenvalue weighted by molar-refractivity contribution is 8.33. The molecule has 2 aromatic carbocycles. The van der Waals surface area contributed by atoms with Crippen LogP contribution in [0, 0.1) is 0 Å². The topological polar surface area (TPSA) is 61.8 Å². The molecule has 1 aliphatic rings. The monoisotopic (exact) mass is 588 g/mol. The van der Waals surface area contributed by atoms with Crippen molar-refractivity contribution < 1.29 is 61.0 Å². The number of benzene rings is 2. The molecule has 0 saturated carbocycles. The van der Waals surface area contributed by atoms with E-state index in [2.05, 4.69) is 3.63 Å². The lowest BCUT2D eigenvalue weighted by molar-refractivity contribution is -0.382. The van der Waals surface area contributed by atoms with Gasteiger partial charge in [0.1, 0.15) is 5.75 Å². The average Bonchev–Trinajstić information content (AvgIpc) is 3.26. The number of alkyl halides is 9. The van der Waals surface area contributed by atoms with Crippen LogP contribution in [-0.2, 0) is 18.5 Å². The molecular weight excluding hydrogens is 567 g/mol. The van der Waals surface area contributed by atoms with Crippen molar-refractivity contribution in [2.75, 3.05) is 18.6 Å². The molecular formula is C21H21F9O5S2. The van der Waals surface area contributed by atoms with Gasteiger partial charge in [-0.1, -0.05) is 34.6 Å². The van der Waals surface area contributed by atoms with Crippen LogP contribution < -0.4 is 4.74 Å². The smallest absolute Gasteiger partial charge is 0.460 e. The van der Waals surface area contributed by atoms with Crippen molar-refractivity contribution in [1.82, 2.24) is 0 Å². The second-order valence-electron chi connectivity index (χ2n) is 8.14. The minimum absolute atomic E-state index is 0.00305. The highest BCUT2D eigenvalue weighted by atomic mass is 32.3. The molecule has 16 heteroatoms. The zero-order valence-electron chi connectivity index (χ0n) is 19.1. The minimum atomic E-state index is -7.37. The largest absolute Gasteiger partial charge is 0.465 e. The van der Waals surface area contributed by atoms with Gasteiger partial charge in [0.2, 0.25) is 0 Å². The van der Waals surface area contributed by atoms with Gasteiger partial charge in [0.05, 0.1) is 0 Å². The highest BCUT2D eigenvalue weighted by Gasteiger charge is 2.86. The van der Waals surface area contributed by atoms with E-state index < -0.39 is 50.0 Å². The van der Waals surface area contributed by atoms with Crippen LogP contribution in [0.3, 0.4) is 0 Å². The predicted molar refractivity (Wildman–Crippen MR) is 117 cm³/mol. The summed E-state index contributed by atoms with van der Waals surface area (Å²) in [6, 6.07) is 8.64. The molecule has 0 aromatic heterocycles. The summed E-state index contributed by atoms with van der Waals surface area (Å²) in [5, 5.41) is -6.36. The first-order valence-corrected chi connectivity index (χ1v) is 13.8. The van der Waals surface area contributed by atoms with Crippen LogP contribution in [0.25, 0.3) is 10.8 Å². The van der Waals surface area contributed by atoms with Crippen LogP contribution in [0.1, 0.15) is 19.8 Å². The van der Waals surface area contributed by atoms with Crippen LogP contribution in [0.15, 0.2) is 41.3 Å². The maximum atomic E-state index is 14.4. The van der Waals surface area contributed by atoms with Crippen molar-refractivity contribution in [3.8, 4) is 5.75 Å². The summed E-state index contributed by atoms with van der Waals surface area (Å²) >= 11 is 0. The van der Waals surface area contributed by atoms with Gasteiger partial charge in [0.25, 0.3) is 0 Å². The fraction of sp³-hybridized carbons (Fsp3) is 0.524. The zero-order valence-corrected chi connectivity index (χ0v) is 20.8. The Morgan fingerprint density at radius 2 is 1.38 bits per heavy atom. The summed E-state index contributed by atoms with van der Waals surface area (Å²) in [5.41, 5.74) is 0. The number of hydrogen-bond donors (Lipinski definition) is 0. The summed E-state index contributed by atoms with van der Waals surface area (Å²) in [5.74, 6) is -15.0. The third kappa shape index (κ3) is 4.85. The first-order valence-electron chi connectivity index (χ1n) is 10.5. The van der Waals surface area contributed by atoms with Gasteiger partial charge < -0.3 is 9.47 Å². The van der Waals surface area contributed by atoms with Gasteiger partial charge in [0, 0.05) is 28.9 Å². The number of hydrogen-bond acceptors (Lipinski definition) is 5. The molecule has 3 rings (SSSR count). The Kier molecular flexibility index (Phi) is 7.76. The fourth-order valence-electron chi connectivity index (χ4n) is 3.73. The molecule has 5 nitrogen and oxygen atoms in total. The number of methoxy groups -OCH3 is 1. The molecule has 0 radical (unpaired) electrons. The molecule has 1 unspecified atom stereocenters. The summed E-state index contributed by atoms with van der Waals surface area (Å²) < 4.78 is 161. The lowest BCUT2D eigenvalue weighted by atomic mass is 10.1. The van der Waals surface area contributed by atoms with Gasteiger partial charge in [-0.15, -0.1) is 0 Å². The molecule has 0 bridgehead atoms. The molecule has 1 saturated heterocycles. The van der Waals surface area contributed by atoms with Gasteiger partial charge in [-0.3, -0.25) is 0 Å². The number of rotatable bonds is 9. The molecule has 1 aliphatic heterocycles. The zero-order chi connectivity index (χ0) is 28.1. The van der Waals surface area contributed by atoms with Crippen molar-refractivity contribution in [1.29, 1.82) is 0 Å². The maximum absolute atomic E-state index is 14.4. The van der Waals surface area contributed by atoms with E-state index >= 15 is 0 Å². The average molecular weight is 589 g/mol. The van der Waals surface area contributed by atoms with E-state index in [0.717, 1.165) is 0 Å². The molecule has 0 aliphatic carbocycles. The van der Waals surface area contributed by atoms with E-state index in [1.807, 2.05) is 0 Å². The van der Waals surface area contributed by atoms with E-state index in [4.69, 9.17) is 9.47 Å². The molecule has 0 amide bonds. The van der Waals surface area contributed by atoms with Crippen LogP contribution in [0.2, 0.25) is 0 Å². The lowest BCUT2D eigenvalue weighted by Gasteiger charge is -2.38.